The van der Waals surface area contributed by atoms with Crippen LogP contribution in [0.4, 0.5) is 0 Å². The van der Waals surface area contributed by atoms with Gasteiger partial charge in [-0.3, -0.25) is 22.2 Å². The van der Waals surface area contributed by atoms with E-state index in [9.17, 15) is 19.2 Å². The summed E-state index contributed by atoms with van der Waals surface area (Å²) >= 11 is 0. The normalized spacial score (nSPS) is 17.8. The van der Waals surface area contributed by atoms with Crippen molar-refractivity contribution in [3.8, 4) is 0 Å². The molecular weight excluding hydrogens is 846 g/mol. The van der Waals surface area contributed by atoms with Crippen LogP contribution in [-0.4, -0.2) is 95.0 Å². The Morgan fingerprint density at radius 1 is 0.944 bits per heavy atom. The van der Waals surface area contributed by atoms with Gasteiger partial charge in [0.05, 0.1) is 32.5 Å². The molecule has 0 saturated heterocycles. The maximum Gasteiger partial charge on any atom is 2.00 e. The van der Waals surface area contributed by atoms with Gasteiger partial charge in [0.25, 0.3) is 0 Å². The van der Waals surface area contributed by atoms with Gasteiger partial charge in [0.1, 0.15) is 5.78 Å². The molecule has 10 nitrogen and oxygen atoms in total. The zero-order valence-electron chi connectivity index (χ0n) is 23.0. The van der Waals surface area contributed by atoms with E-state index in [2.05, 4.69) is 39.7 Å². The molecule has 4 N–H and O–H groups in total. The van der Waals surface area contributed by atoms with E-state index in [1.54, 1.807) is 12.6 Å². The number of rotatable bonds is 19. The van der Waals surface area contributed by atoms with Crippen molar-refractivity contribution in [3.63, 3.8) is 0 Å². The van der Waals surface area contributed by atoms with Crippen LogP contribution >= 0.6 is 18.5 Å². The molecule has 1 amide bonds. The first-order chi connectivity index (χ1) is 17.4. The number of amides is 1. The Morgan fingerprint density at radius 2 is 1.39 bits per heavy atom. The number of ether oxygens (including phenoxy) is 2. The van der Waals surface area contributed by atoms with Gasteiger partial charge in [-0.2, -0.15) is 0 Å². The molecule has 0 bridgehead atoms. The van der Waals surface area contributed by atoms with Crippen molar-refractivity contribution in [1.82, 2.24) is 21.3 Å². The molecular formula is C22H42N4O6P2W2. The van der Waals surface area contributed by atoms with Gasteiger partial charge in [-0.1, -0.05) is 0 Å². The fourth-order valence-electron chi connectivity index (χ4n) is 3.00. The predicted molar refractivity (Wildman–Crippen MR) is 141 cm³/mol. The molecule has 4 unspecified atom stereocenters. The molecule has 0 heterocycles. The Balaban J connectivity index is -0.000000657. The Bertz CT molecular complexity index is 594. The topological polar surface area (TPSA) is 135 Å². The molecule has 1 saturated carbocycles. The van der Waals surface area contributed by atoms with E-state index in [4.69, 9.17) is 12.2 Å². The van der Waals surface area contributed by atoms with Crippen molar-refractivity contribution in [2.24, 2.45) is 0 Å². The number of Topliss-reactive ketones (excluding diaryl/α,β-unsaturated/α-hetero) is 1. The first-order valence-electron chi connectivity index (χ1n) is 12.2. The second-order valence-corrected chi connectivity index (χ2v) is 7.16. The molecule has 1 fully saturated rings. The van der Waals surface area contributed by atoms with E-state index < -0.39 is 12.1 Å². The number of hydrogen-bond acceptors (Lipinski definition) is 9. The number of nitrogens with one attached hydrogen (secondary N) is 4. The number of hydrogen-bond donors (Lipinski definition) is 4. The minimum atomic E-state index is -0.713. The maximum atomic E-state index is 12.4. The number of likely N-dealkylation sites (N-methyl/N-ethyl adjacent to an activating group) is 1. The largest absolute Gasteiger partial charge is 2.00 e. The molecule has 0 aromatic carbocycles. The van der Waals surface area contributed by atoms with Crippen LogP contribution in [0, 0.1) is 13.3 Å². The van der Waals surface area contributed by atoms with E-state index in [1.807, 2.05) is 7.05 Å². The maximum absolute atomic E-state index is 12.4. The molecule has 208 valence electrons. The smallest absolute Gasteiger partial charge is 0.542 e. The molecule has 0 radical (unpaired) electrons. The average Bonchev–Trinajstić information content (AvgIpc) is 2.83. The molecule has 1 aliphatic carbocycles. The van der Waals surface area contributed by atoms with E-state index in [-0.39, 0.29) is 78.7 Å². The minimum Gasteiger partial charge on any atom is -0.542 e. The summed E-state index contributed by atoms with van der Waals surface area (Å²) in [6.45, 7) is 6.73. The second kappa shape index (κ2) is 31.7. The first-order valence-corrected chi connectivity index (χ1v) is 12.3. The zero-order chi connectivity index (χ0) is 27.6. The molecule has 0 aromatic heterocycles. The van der Waals surface area contributed by atoms with Crippen LogP contribution in [0.3, 0.4) is 0 Å². The van der Waals surface area contributed by atoms with Gasteiger partial charge < -0.3 is 72.1 Å². The summed E-state index contributed by atoms with van der Waals surface area (Å²) in [5.41, 5.74) is 0. The Hall–Kier alpha value is 0.517. The van der Waals surface area contributed by atoms with E-state index in [0.717, 1.165) is 19.4 Å². The summed E-state index contributed by atoms with van der Waals surface area (Å²) in [5.74, 6) is -0.436. The number of carbonyl (C=O) groups excluding carboxylic acids is 4. The zero-order valence-corrected chi connectivity index (χ0v) is 29.1. The molecule has 6 atom stereocenters. The van der Waals surface area contributed by atoms with Crippen molar-refractivity contribution in [2.45, 2.75) is 56.8 Å². The summed E-state index contributed by atoms with van der Waals surface area (Å²) < 4.78 is 22.8. The van der Waals surface area contributed by atoms with Crippen LogP contribution in [-0.2, 0) is 70.8 Å². The van der Waals surface area contributed by atoms with Crippen LogP contribution < -0.4 is 21.3 Å². The van der Waals surface area contributed by atoms with Crippen molar-refractivity contribution in [2.75, 3.05) is 46.6 Å². The summed E-state index contributed by atoms with van der Waals surface area (Å²) in [4.78, 5) is 45.5. The van der Waals surface area contributed by atoms with Crippen LogP contribution in [0.15, 0.2) is 0 Å². The van der Waals surface area contributed by atoms with Crippen LogP contribution in [0.2, 0.25) is 0 Å². The fourth-order valence-corrected chi connectivity index (χ4v) is 3.00. The van der Waals surface area contributed by atoms with Gasteiger partial charge in [0, 0.05) is 31.2 Å². The summed E-state index contributed by atoms with van der Waals surface area (Å²) in [5, 5.41) is 12.0. The third-order valence-electron chi connectivity index (χ3n) is 4.90. The van der Waals surface area contributed by atoms with Crippen molar-refractivity contribution >= 4 is 42.7 Å². The molecule has 36 heavy (non-hydrogen) atoms. The van der Waals surface area contributed by atoms with Crippen LogP contribution in [0.1, 0.15) is 35.3 Å². The van der Waals surface area contributed by atoms with E-state index >= 15 is 0 Å². The Kier molecular flexibility index (Phi) is 34.1. The van der Waals surface area contributed by atoms with Crippen LogP contribution in [0.5, 0.6) is 0 Å². The van der Waals surface area contributed by atoms with Gasteiger partial charge in [-0.25, -0.2) is 2.74 Å². The predicted octanol–water partition coefficient (Wildman–Crippen LogP) is -0.308. The molecule has 0 aromatic rings. The molecule has 0 spiro atoms. The Morgan fingerprint density at radius 3 is 1.81 bits per heavy atom. The van der Waals surface area contributed by atoms with Crippen LogP contribution in [0.25, 0.3) is 0 Å². The van der Waals surface area contributed by atoms with Gasteiger partial charge in [0.2, 0.25) is 5.91 Å². The summed E-state index contributed by atoms with van der Waals surface area (Å²) in [6, 6.07) is -1.43. The molecule has 1 aliphatic rings. The number of carbonyl (C=O) groups is 2. The molecule has 14 heteroatoms. The number of ketones is 1. The van der Waals surface area contributed by atoms with E-state index in [1.165, 1.54) is 20.2 Å². The third-order valence-corrected chi connectivity index (χ3v) is 4.90. The minimum absolute atomic E-state index is 0. The first kappa shape index (κ1) is 38.7. The van der Waals surface area contributed by atoms with Crippen molar-refractivity contribution in [1.29, 1.82) is 0 Å². The second-order valence-electron chi connectivity index (χ2n) is 7.16. The van der Waals surface area contributed by atoms with Gasteiger partial charge >= 0.3 is 42.1 Å². The van der Waals surface area contributed by atoms with Gasteiger partial charge in [-0.05, 0) is 26.8 Å². The fraction of sp³-hybridized carbons (Fsp3) is 0.727. The van der Waals surface area contributed by atoms with Crippen molar-refractivity contribution in [3.05, 3.63) is 13.3 Å². The standard InChI is InChI=1S/C20H34N4O6.2CH4P.2W/c1-15(27)16(5-9-25)23-17-3-4-18(17)24-19(6-10-26)20(28)22-8-12-30-14-13-29-11-7-21-2;2*1-2;;/h16-19,21,23-24H,3-8,11-14H2,1-2H3,(H,22,28);2*1-2H2;;/q-2;2*-1;2*+2/t16-,17?,18?,19-;;;;/m0..../s1/i;2*1T;;. The summed E-state index contributed by atoms with van der Waals surface area (Å²) in [6.07, 6.45) is 5.06. The third kappa shape index (κ3) is 21.5. The monoisotopic (exact) mass is 892 g/mol. The quantitative estimate of drug-likeness (QED) is 0.0784. The van der Waals surface area contributed by atoms with E-state index in [0.29, 0.717) is 33.0 Å². The Labute approximate surface area is 253 Å². The SMILES string of the molecule is CNCCOCCOCCNC(=O)[C@H](C[C-]=O)NC1CCC1N[C@@H](C[C-]=O)C(C)=O.[3H][CH-]P.[3H][CH-]P.[W+2].[W+2]. The average molecular weight is 892 g/mol. The van der Waals surface area contributed by atoms with Gasteiger partial charge in [0.15, 0.2) is 0 Å². The molecule has 1 rings (SSSR count). The van der Waals surface area contributed by atoms with Gasteiger partial charge in [-0.15, -0.1) is 12.8 Å². The summed E-state index contributed by atoms with van der Waals surface area (Å²) in [7, 11) is 6.09. The molecule has 0 aliphatic heterocycles. The van der Waals surface area contributed by atoms with Crippen molar-refractivity contribution < 1.29 is 73.5 Å².